The molecule has 4 heteroatoms. The van der Waals surface area contributed by atoms with E-state index in [2.05, 4.69) is 11.4 Å². The molecule has 0 aliphatic carbocycles. The van der Waals surface area contributed by atoms with Gasteiger partial charge in [-0.05, 0) is 32.1 Å². The van der Waals surface area contributed by atoms with Crippen molar-refractivity contribution in [3.05, 3.63) is 21.3 Å². The first kappa shape index (κ1) is 10.4. The molecule has 1 fully saturated rings. The van der Waals surface area contributed by atoms with Crippen molar-refractivity contribution < 1.29 is 4.74 Å². The second kappa shape index (κ2) is 4.19. The fraction of sp³-hybridized carbons (Fsp3) is 0.600. The Kier molecular flexibility index (Phi) is 3.12. The van der Waals surface area contributed by atoms with E-state index in [1.165, 1.54) is 4.88 Å². The van der Waals surface area contributed by atoms with E-state index >= 15 is 0 Å². The highest BCUT2D eigenvalue weighted by molar-refractivity contribution is 7.16. The number of hydrogen-bond acceptors (Lipinski definition) is 3. The van der Waals surface area contributed by atoms with Gasteiger partial charge in [-0.25, -0.2) is 0 Å². The third-order valence-electron chi connectivity index (χ3n) is 2.71. The molecular formula is C10H14ClNOS. The van der Waals surface area contributed by atoms with Crippen molar-refractivity contribution in [2.24, 2.45) is 0 Å². The Hall–Kier alpha value is -0.0900. The van der Waals surface area contributed by atoms with Crippen molar-refractivity contribution in [1.29, 1.82) is 0 Å². The fourth-order valence-electron chi connectivity index (χ4n) is 1.72. The van der Waals surface area contributed by atoms with Crippen molar-refractivity contribution in [2.75, 3.05) is 26.8 Å². The lowest BCUT2D eigenvalue weighted by Crippen LogP contribution is -2.47. The predicted octanol–water partition coefficient (Wildman–Crippen LogP) is 2.28. The van der Waals surface area contributed by atoms with Gasteiger partial charge in [-0.15, -0.1) is 11.3 Å². The molecule has 1 aromatic heterocycles. The van der Waals surface area contributed by atoms with E-state index in [4.69, 9.17) is 16.3 Å². The zero-order chi connectivity index (χ0) is 10.0. The monoisotopic (exact) mass is 231 g/mol. The zero-order valence-electron chi connectivity index (χ0n) is 8.18. The van der Waals surface area contributed by atoms with Crippen molar-refractivity contribution in [3.8, 4) is 0 Å². The Morgan fingerprint density at radius 1 is 1.57 bits per heavy atom. The summed E-state index contributed by atoms with van der Waals surface area (Å²) in [6.07, 6.45) is 1.13. The van der Waals surface area contributed by atoms with Crippen LogP contribution in [0.25, 0.3) is 0 Å². The van der Waals surface area contributed by atoms with Crippen molar-refractivity contribution in [2.45, 2.75) is 11.8 Å². The van der Waals surface area contributed by atoms with Crippen LogP contribution >= 0.6 is 22.9 Å². The van der Waals surface area contributed by atoms with Gasteiger partial charge < -0.3 is 10.1 Å². The SMILES string of the molecule is CNCCC1(c2ccc(Cl)s2)COC1. The lowest BCUT2D eigenvalue weighted by Gasteiger charge is -2.41. The molecule has 0 spiro atoms. The molecule has 1 aromatic rings. The summed E-state index contributed by atoms with van der Waals surface area (Å²) >= 11 is 7.62. The first-order valence-corrected chi connectivity index (χ1v) is 5.94. The number of ether oxygens (including phenoxy) is 1. The topological polar surface area (TPSA) is 21.3 Å². The summed E-state index contributed by atoms with van der Waals surface area (Å²) < 4.78 is 6.21. The minimum absolute atomic E-state index is 0.237. The number of hydrogen-bond donors (Lipinski definition) is 1. The Balaban J connectivity index is 2.11. The van der Waals surface area contributed by atoms with E-state index in [0.29, 0.717) is 0 Å². The van der Waals surface area contributed by atoms with Gasteiger partial charge in [0.2, 0.25) is 0 Å². The summed E-state index contributed by atoms with van der Waals surface area (Å²) in [5, 5.41) is 3.18. The quantitative estimate of drug-likeness (QED) is 0.859. The van der Waals surface area contributed by atoms with E-state index in [-0.39, 0.29) is 5.41 Å². The van der Waals surface area contributed by atoms with Crippen LogP contribution in [0.1, 0.15) is 11.3 Å². The molecule has 1 saturated heterocycles. The van der Waals surface area contributed by atoms with Gasteiger partial charge in [0.1, 0.15) is 0 Å². The molecule has 2 rings (SSSR count). The maximum Gasteiger partial charge on any atom is 0.0931 e. The Labute approximate surface area is 93.2 Å². The maximum atomic E-state index is 5.94. The van der Waals surface area contributed by atoms with Gasteiger partial charge >= 0.3 is 0 Å². The molecular weight excluding hydrogens is 218 g/mol. The van der Waals surface area contributed by atoms with Gasteiger partial charge in [0.15, 0.2) is 0 Å². The average molecular weight is 232 g/mol. The lowest BCUT2D eigenvalue weighted by molar-refractivity contribution is -0.0619. The third-order valence-corrected chi connectivity index (χ3v) is 4.18. The van der Waals surface area contributed by atoms with E-state index in [0.717, 1.165) is 30.5 Å². The lowest BCUT2D eigenvalue weighted by atomic mass is 9.81. The van der Waals surface area contributed by atoms with Crippen LogP contribution in [0.5, 0.6) is 0 Å². The van der Waals surface area contributed by atoms with Crippen molar-refractivity contribution >= 4 is 22.9 Å². The molecule has 0 saturated carbocycles. The molecule has 78 valence electrons. The zero-order valence-corrected chi connectivity index (χ0v) is 9.75. The summed E-state index contributed by atoms with van der Waals surface area (Å²) in [4.78, 5) is 1.36. The first-order chi connectivity index (χ1) is 6.77. The summed E-state index contributed by atoms with van der Waals surface area (Å²) in [7, 11) is 1.98. The van der Waals surface area contributed by atoms with Crippen LogP contribution in [0, 0.1) is 0 Å². The van der Waals surface area contributed by atoms with Crippen LogP contribution < -0.4 is 5.32 Å². The summed E-state index contributed by atoms with van der Waals surface area (Å²) in [5.74, 6) is 0. The highest BCUT2D eigenvalue weighted by atomic mass is 35.5. The molecule has 1 aliphatic rings. The Morgan fingerprint density at radius 3 is 2.79 bits per heavy atom. The van der Waals surface area contributed by atoms with E-state index in [9.17, 15) is 0 Å². The molecule has 0 bridgehead atoms. The third kappa shape index (κ3) is 1.82. The van der Waals surface area contributed by atoms with Crippen LogP contribution in [-0.4, -0.2) is 26.8 Å². The van der Waals surface area contributed by atoms with E-state index in [1.807, 2.05) is 13.1 Å². The molecule has 2 nitrogen and oxygen atoms in total. The molecule has 1 aliphatic heterocycles. The van der Waals surface area contributed by atoms with Crippen molar-refractivity contribution in [3.63, 3.8) is 0 Å². The van der Waals surface area contributed by atoms with Gasteiger partial charge in [0.05, 0.1) is 23.0 Å². The number of halogens is 1. The molecule has 2 heterocycles. The van der Waals surface area contributed by atoms with Crippen LogP contribution in [0.15, 0.2) is 12.1 Å². The predicted molar refractivity (Wildman–Crippen MR) is 60.4 cm³/mol. The number of nitrogens with one attached hydrogen (secondary N) is 1. The van der Waals surface area contributed by atoms with Gasteiger partial charge in [-0.3, -0.25) is 0 Å². The first-order valence-electron chi connectivity index (χ1n) is 4.75. The summed E-state index contributed by atoms with van der Waals surface area (Å²) in [5.41, 5.74) is 0.237. The average Bonchev–Trinajstić information content (AvgIpc) is 2.51. The maximum absolute atomic E-state index is 5.94. The minimum Gasteiger partial charge on any atom is -0.379 e. The molecule has 14 heavy (non-hydrogen) atoms. The van der Waals surface area contributed by atoms with Crippen LogP contribution in [-0.2, 0) is 10.2 Å². The molecule has 0 aromatic carbocycles. The van der Waals surface area contributed by atoms with Gasteiger partial charge in [-0.2, -0.15) is 0 Å². The molecule has 0 radical (unpaired) electrons. The van der Waals surface area contributed by atoms with Crippen LogP contribution in [0.4, 0.5) is 0 Å². The Bertz CT molecular complexity index is 309. The van der Waals surface area contributed by atoms with Gasteiger partial charge in [-0.1, -0.05) is 11.6 Å². The second-order valence-corrected chi connectivity index (χ2v) is 5.45. The molecule has 0 amide bonds. The normalized spacial score (nSPS) is 19.3. The van der Waals surface area contributed by atoms with E-state index in [1.54, 1.807) is 11.3 Å². The largest absolute Gasteiger partial charge is 0.379 e. The highest BCUT2D eigenvalue weighted by Gasteiger charge is 2.40. The highest BCUT2D eigenvalue weighted by Crippen LogP contribution is 2.40. The smallest absolute Gasteiger partial charge is 0.0931 e. The number of thiophene rings is 1. The van der Waals surface area contributed by atoms with Crippen LogP contribution in [0.2, 0.25) is 4.34 Å². The summed E-state index contributed by atoms with van der Waals surface area (Å²) in [6, 6.07) is 4.10. The molecule has 1 N–H and O–H groups in total. The van der Waals surface area contributed by atoms with E-state index < -0.39 is 0 Å². The minimum atomic E-state index is 0.237. The number of rotatable bonds is 4. The molecule has 0 atom stereocenters. The molecule has 0 unspecified atom stereocenters. The van der Waals surface area contributed by atoms with Crippen LogP contribution in [0.3, 0.4) is 0 Å². The second-order valence-electron chi connectivity index (χ2n) is 3.73. The standard InChI is InChI=1S/C10H14ClNOS/c1-12-5-4-10(6-13-7-10)8-2-3-9(11)14-8/h2-3,12H,4-7H2,1H3. The van der Waals surface area contributed by atoms with Crippen molar-refractivity contribution in [1.82, 2.24) is 5.32 Å². The van der Waals surface area contributed by atoms with Gasteiger partial charge in [0.25, 0.3) is 0 Å². The van der Waals surface area contributed by atoms with Gasteiger partial charge in [0, 0.05) is 4.88 Å². The summed E-state index contributed by atoms with van der Waals surface area (Å²) in [6.45, 7) is 2.70. The Morgan fingerprint density at radius 2 is 2.36 bits per heavy atom. The fourth-order valence-corrected chi connectivity index (χ4v) is 2.95.